The van der Waals surface area contributed by atoms with Crippen molar-refractivity contribution in [1.82, 2.24) is 4.90 Å². The molecule has 0 bridgehead atoms. The minimum atomic E-state index is -0.663. The molecule has 0 atom stereocenters. The van der Waals surface area contributed by atoms with Gasteiger partial charge in [0.05, 0.1) is 43.7 Å². The zero-order valence-corrected chi connectivity index (χ0v) is 20.5. The van der Waals surface area contributed by atoms with E-state index in [0.29, 0.717) is 37.2 Å². The standard InChI is InChI=1S/C26H39NO6/c1-31-24(28)20-16-12-10-8-6-4-5-7-9-11-13-17-21(25(29)32-2)23(22(20)26(30)33-3)27-18-14-15-19-27/h16-17H,4-15,18-19H2,1-3H3/b20-16-,21-17?,23-22-. The van der Waals surface area contributed by atoms with E-state index in [4.69, 9.17) is 14.2 Å². The molecule has 1 aliphatic carbocycles. The van der Waals surface area contributed by atoms with Crippen molar-refractivity contribution < 1.29 is 28.6 Å². The Morgan fingerprint density at radius 1 is 0.606 bits per heavy atom. The molecule has 0 aromatic rings. The lowest BCUT2D eigenvalue weighted by molar-refractivity contribution is -0.139. The summed E-state index contributed by atoms with van der Waals surface area (Å²) in [6.07, 6.45) is 15.6. The first-order chi connectivity index (χ1) is 16.0. The molecule has 0 aromatic carbocycles. The van der Waals surface area contributed by atoms with E-state index in [-0.39, 0.29) is 11.1 Å². The molecule has 2 aliphatic rings. The Morgan fingerprint density at radius 2 is 1.03 bits per heavy atom. The molecule has 1 aliphatic heterocycles. The first-order valence-corrected chi connectivity index (χ1v) is 12.2. The van der Waals surface area contributed by atoms with Gasteiger partial charge in [-0.1, -0.05) is 50.7 Å². The quantitative estimate of drug-likeness (QED) is 0.446. The Balaban J connectivity index is 2.73. The van der Waals surface area contributed by atoms with Crippen molar-refractivity contribution in [2.45, 2.75) is 77.0 Å². The summed E-state index contributed by atoms with van der Waals surface area (Å²) in [5.74, 6) is -1.80. The van der Waals surface area contributed by atoms with Crippen LogP contribution in [-0.4, -0.2) is 57.2 Å². The Bertz CT molecular complexity index is 774. The maximum Gasteiger partial charge on any atom is 0.340 e. The van der Waals surface area contributed by atoms with E-state index in [0.717, 1.165) is 44.9 Å². The molecular formula is C26H39NO6. The molecule has 2 rings (SSSR count). The normalized spacial score (nSPS) is 23.2. The van der Waals surface area contributed by atoms with E-state index in [1.807, 2.05) is 11.0 Å². The number of nitrogens with zero attached hydrogens (tertiary/aromatic N) is 1. The third-order valence-electron chi connectivity index (χ3n) is 6.24. The molecule has 0 aromatic heterocycles. The number of hydrogen-bond donors (Lipinski definition) is 0. The molecule has 7 heteroatoms. The van der Waals surface area contributed by atoms with Crippen LogP contribution in [0.3, 0.4) is 0 Å². The summed E-state index contributed by atoms with van der Waals surface area (Å²) < 4.78 is 15.3. The fraction of sp³-hybridized carbons (Fsp3) is 0.654. The van der Waals surface area contributed by atoms with Gasteiger partial charge in [0.15, 0.2) is 0 Å². The van der Waals surface area contributed by atoms with E-state index in [1.165, 1.54) is 40.6 Å². The fourth-order valence-electron chi connectivity index (χ4n) is 4.47. The average Bonchev–Trinajstić information content (AvgIpc) is 3.36. The van der Waals surface area contributed by atoms with Gasteiger partial charge in [0.2, 0.25) is 0 Å². The minimum Gasteiger partial charge on any atom is -0.465 e. The molecular weight excluding hydrogens is 422 g/mol. The number of ether oxygens (including phenoxy) is 3. The Kier molecular flexibility index (Phi) is 11.8. The van der Waals surface area contributed by atoms with Gasteiger partial charge in [-0.3, -0.25) is 0 Å². The van der Waals surface area contributed by atoms with E-state index in [9.17, 15) is 14.4 Å². The third-order valence-corrected chi connectivity index (χ3v) is 6.24. The maximum absolute atomic E-state index is 13.1. The van der Waals surface area contributed by atoms with E-state index >= 15 is 0 Å². The lowest BCUT2D eigenvalue weighted by atomic mass is 9.95. The average molecular weight is 462 g/mol. The lowest BCUT2D eigenvalue weighted by Gasteiger charge is -2.26. The molecule has 33 heavy (non-hydrogen) atoms. The SMILES string of the molecule is COC(=O)C1=CCCCCCCCCCC/C=C(C(=O)OC)/C(C(=O)OC)=C\1N1CCCC1. The molecule has 0 spiro atoms. The van der Waals surface area contributed by atoms with Gasteiger partial charge in [0.1, 0.15) is 0 Å². The molecule has 1 fully saturated rings. The van der Waals surface area contributed by atoms with Crippen LogP contribution in [0.15, 0.2) is 34.6 Å². The number of carbonyl (C=O) groups is 3. The van der Waals surface area contributed by atoms with Crippen LogP contribution in [0, 0.1) is 0 Å². The summed E-state index contributed by atoms with van der Waals surface area (Å²) in [5.41, 5.74) is 0.944. The summed E-state index contributed by atoms with van der Waals surface area (Å²) in [7, 11) is 3.91. The van der Waals surface area contributed by atoms with Gasteiger partial charge >= 0.3 is 17.9 Å². The number of methoxy groups -OCH3 is 3. The molecule has 0 radical (unpaired) electrons. The van der Waals surface area contributed by atoms with Crippen LogP contribution in [0.25, 0.3) is 0 Å². The Labute approximate surface area is 197 Å². The van der Waals surface area contributed by atoms with Crippen molar-refractivity contribution in [1.29, 1.82) is 0 Å². The summed E-state index contributed by atoms with van der Waals surface area (Å²) in [5, 5.41) is 0. The zero-order valence-electron chi connectivity index (χ0n) is 20.5. The van der Waals surface area contributed by atoms with Gasteiger partial charge in [0.25, 0.3) is 0 Å². The summed E-state index contributed by atoms with van der Waals surface area (Å²) in [4.78, 5) is 40.9. The Morgan fingerprint density at radius 3 is 1.52 bits per heavy atom. The minimum absolute atomic E-state index is 0.0787. The van der Waals surface area contributed by atoms with E-state index in [2.05, 4.69) is 0 Å². The summed E-state index contributed by atoms with van der Waals surface area (Å²) >= 11 is 0. The lowest BCUT2D eigenvalue weighted by Crippen LogP contribution is -2.29. The van der Waals surface area contributed by atoms with Gasteiger partial charge in [-0.15, -0.1) is 0 Å². The van der Waals surface area contributed by atoms with E-state index in [1.54, 1.807) is 6.08 Å². The van der Waals surface area contributed by atoms with Crippen LogP contribution in [0.5, 0.6) is 0 Å². The highest BCUT2D eigenvalue weighted by Crippen LogP contribution is 2.31. The van der Waals surface area contributed by atoms with E-state index < -0.39 is 17.9 Å². The zero-order chi connectivity index (χ0) is 24.1. The van der Waals surface area contributed by atoms with Crippen LogP contribution in [0.1, 0.15) is 77.0 Å². The molecule has 1 heterocycles. The van der Waals surface area contributed by atoms with Crippen molar-refractivity contribution in [2.75, 3.05) is 34.4 Å². The van der Waals surface area contributed by atoms with Crippen LogP contribution in [0.4, 0.5) is 0 Å². The first-order valence-electron chi connectivity index (χ1n) is 12.2. The number of rotatable bonds is 4. The van der Waals surface area contributed by atoms with Crippen LogP contribution >= 0.6 is 0 Å². The van der Waals surface area contributed by atoms with Gasteiger partial charge in [-0.25, -0.2) is 14.4 Å². The molecule has 7 nitrogen and oxygen atoms in total. The number of allylic oxidation sites excluding steroid dienone is 2. The maximum atomic E-state index is 13.1. The molecule has 0 amide bonds. The van der Waals surface area contributed by atoms with Crippen molar-refractivity contribution in [3.8, 4) is 0 Å². The molecule has 0 N–H and O–H groups in total. The van der Waals surface area contributed by atoms with Crippen molar-refractivity contribution in [2.24, 2.45) is 0 Å². The van der Waals surface area contributed by atoms with Crippen LogP contribution in [0.2, 0.25) is 0 Å². The van der Waals surface area contributed by atoms with Crippen molar-refractivity contribution in [3.63, 3.8) is 0 Å². The Hall–Kier alpha value is -2.57. The first kappa shape index (κ1) is 26.7. The monoisotopic (exact) mass is 461 g/mol. The topological polar surface area (TPSA) is 82.1 Å². The molecule has 1 saturated heterocycles. The highest BCUT2D eigenvalue weighted by Gasteiger charge is 2.34. The third kappa shape index (κ3) is 7.76. The van der Waals surface area contributed by atoms with Gasteiger partial charge in [-0.2, -0.15) is 0 Å². The number of carbonyl (C=O) groups excluding carboxylic acids is 3. The van der Waals surface area contributed by atoms with Crippen molar-refractivity contribution in [3.05, 3.63) is 34.6 Å². The van der Waals surface area contributed by atoms with Crippen LogP contribution < -0.4 is 0 Å². The number of hydrogen-bond acceptors (Lipinski definition) is 7. The number of esters is 3. The van der Waals surface area contributed by atoms with Gasteiger partial charge in [-0.05, 0) is 38.5 Å². The molecule has 0 saturated carbocycles. The second-order valence-corrected chi connectivity index (χ2v) is 8.53. The van der Waals surface area contributed by atoms with Gasteiger partial charge < -0.3 is 19.1 Å². The highest BCUT2D eigenvalue weighted by atomic mass is 16.5. The second-order valence-electron chi connectivity index (χ2n) is 8.53. The van der Waals surface area contributed by atoms with Gasteiger partial charge in [0, 0.05) is 13.1 Å². The molecule has 184 valence electrons. The molecule has 0 unspecified atom stereocenters. The predicted octanol–water partition coefficient (Wildman–Crippen LogP) is 4.62. The van der Waals surface area contributed by atoms with Crippen molar-refractivity contribution >= 4 is 17.9 Å². The summed E-state index contributed by atoms with van der Waals surface area (Å²) in [6, 6.07) is 0. The number of likely N-dealkylation sites (tertiary alicyclic amines) is 1. The fourth-order valence-corrected chi connectivity index (χ4v) is 4.47. The highest BCUT2D eigenvalue weighted by molar-refractivity contribution is 6.09. The van der Waals surface area contributed by atoms with Crippen LogP contribution in [-0.2, 0) is 28.6 Å². The smallest absolute Gasteiger partial charge is 0.340 e. The largest absolute Gasteiger partial charge is 0.465 e. The predicted molar refractivity (Wildman–Crippen MR) is 126 cm³/mol. The second kappa shape index (κ2) is 14.6. The summed E-state index contributed by atoms with van der Waals surface area (Å²) in [6.45, 7) is 1.36.